The lowest BCUT2D eigenvalue weighted by Gasteiger charge is -2.18. The Morgan fingerprint density at radius 1 is 0.486 bits per heavy atom. The van der Waals surface area contributed by atoms with E-state index in [1.165, 1.54) is 199 Å². The molecule has 72 heavy (non-hydrogen) atoms. The van der Waals surface area contributed by atoms with Crippen molar-refractivity contribution in [1.82, 2.24) is 4.98 Å². The highest BCUT2D eigenvalue weighted by Gasteiger charge is 2.36. The van der Waals surface area contributed by atoms with Gasteiger partial charge in [0, 0.05) is 18.8 Å². The Morgan fingerprint density at radius 3 is 1.21 bits per heavy atom. The topological polar surface area (TPSA) is 65.5 Å². The zero-order chi connectivity index (χ0) is 51.1. The predicted octanol–water partition coefficient (Wildman–Crippen LogP) is 22.4. The summed E-state index contributed by atoms with van der Waals surface area (Å²) in [5, 5.41) is 17.5. The average Bonchev–Trinajstić information content (AvgIpc) is 4.25. The molecular weight excluding hydrogens is 1090 g/mol. The lowest BCUT2D eigenvalue weighted by Crippen LogP contribution is -2.03. The standard InChI is InChI=1S/C62H82Br2N2O2S4/c1-9-17-21-37(13-5)25-29-41-45-33-49(69-57(45)43(47-35-51(63)71-59(41)47)31-27-39(15-7)23-19-11-3)55-53-54(62(68)65-55)56(66-61(53)67)50-34-46-42(30-26-38(14-6)22-18-10-2)60-48(36-52(64)72-60)44(58(46)70-50)32-28-40(16-8)24-20-12-4/h33-40,65,68H,9-32H2,1-8H3. The number of aromatic hydroxyl groups is 1. The maximum atomic E-state index is 14.6. The van der Waals surface area contributed by atoms with Crippen LogP contribution in [0.25, 0.3) is 50.9 Å². The second kappa shape index (κ2) is 26.1. The summed E-state index contributed by atoms with van der Waals surface area (Å²) in [6.45, 7) is 18.7. The quantitative estimate of drug-likeness (QED) is 0.0471. The molecule has 4 unspecified atom stereocenters. The number of carbonyl (C=O) groups excluding carboxylic acids is 1. The van der Waals surface area contributed by atoms with Gasteiger partial charge in [0.15, 0.2) is 5.88 Å². The number of carbonyl (C=O) groups is 1. The van der Waals surface area contributed by atoms with E-state index in [0.29, 0.717) is 46.2 Å². The minimum Gasteiger partial charge on any atom is -0.494 e. The summed E-state index contributed by atoms with van der Waals surface area (Å²) in [6, 6.07) is 9.47. The fourth-order valence-corrected chi connectivity index (χ4v) is 18.1. The Balaban J connectivity index is 1.24. The van der Waals surface area contributed by atoms with E-state index < -0.39 is 0 Å². The number of aryl methyl sites for hydroxylation is 4. The van der Waals surface area contributed by atoms with Gasteiger partial charge in [0.05, 0.1) is 39.9 Å². The van der Waals surface area contributed by atoms with Crippen molar-refractivity contribution in [2.45, 2.75) is 209 Å². The van der Waals surface area contributed by atoms with Gasteiger partial charge in [0.25, 0.3) is 5.91 Å². The third-order valence-electron chi connectivity index (χ3n) is 16.8. The van der Waals surface area contributed by atoms with Gasteiger partial charge in [-0.25, -0.2) is 4.99 Å². The number of nitrogens with one attached hydrogen (secondary N) is 1. The lowest BCUT2D eigenvalue weighted by atomic mass is 9.88. The van der Waals surface area contributed by atoms with Gasteiger partial charge in [-0.05, 0) is 175 Å². The monoisotopic (exact) mass is 1170 g/mol. The first-order chi connectivity index (χ1) is 35.0. The van der Waals surface area contributed by atoms with Gasteiger partial charge >= 0.3 is 0 Å². The third-order valence-corrected chi connectivity index (χ3v) is 22.6. The minimum absolute atomic E-state index is 0.0436. The molecule has 2 N–H and O–H groups in total. The van der Waals surface area contributed by atoms with Crippen molar-refractivity contribution >= 4 is 129 Å². The van der Waals surface area contributed by atoms with Crippen LogP contribution in [0.3, 0.4) is 0 Å². The van der Waals surface area contributed by atoms with Crippen LogP contribution in [0, 0.1) is 23.7 Å². The molecular formula is C62H82Br2N2O2S4. The fraction of sp³-hybridized carbons (Fsp3) is 0.581. The Kier molecular flexibility index (Phi) is 20.3. The molecule has 0 radical (unpaired) electrons. The first kappa shape index (κ1) is 55.9. The SMILES string of the molecule is CCCCC(CC)CCc1c2cc(C3=NC(=O)c4c(-c5cc6c(CCC(CC)CCCC)c7sc(Br)cc7c(CCC(CC)CCCC)c6s5)[nH]c(O)c43)sc2c(CCC(CC)CCCC)c2cc(Br)sc12. The van der Waals surface area contributed by atoms with Crippen molar-refractivity contribution in [3.63, 3.8) is 0 Å². The summed E-state index contributed by atoms with van der Waals surface area (Å²) in [4.78, 5) is 24.9. The molecule has 2 aromatic carbocycles. The fourth-order valence-electron chi connectivity index (χ4n) is 12.1. The average molecular weight is 1180 g/mol. The van der Waals surface area contributed by atoms with E-state index in [4.69, 9.17) is 4.99 Å². The molecule has 8 rings (SSSR count). The molecule has 6 heterocycles. The molecule has 10 heteroatoms. The van der Waals surface area contributed by atoms with Gasteiger partial charge in [0.1, 0.15) is 0 Å². The van der Waals surface area contributed by atoms with Crippen molar-refractivity contribution in [2.75, 3.05) is 0 Å². The number of fused-ring (bicyclic) bond motifs is 5. The van der Waals surface area contributed by atoms with Crippen LogP contribution < -0.4 is 0 Å². The van der Waals surface area contributed by atoms with E-state index >= 15 is 0 Å². The zero-order valence-electron chi connectivity index (χ0n) is 44.8. The zero-order valence-corrected chi connectivity index (χ0v) is 51.2. The molecule has 5 aromatic heterocycles. The van der Waals surface area contributed by atoms with Crippen molar-refractivity contribution < 1.29 is 9.90 Å². The van der Waals surface area contributed by atoms with E-state index in [0.717, 1.165) is 35.4 Å². The number of H-pyrrole nitrogens is 1. The molecule has 1 amide bonds. The first-order valence-corrected chi connectivity index (χ1v) is 33.3. The van der Waals surface area contributed by atoms with Crippen LogP contribution in [-0.2, 0) is 25.7 Å². The Labute approximate surface area is 464 Å². The molecule has 0 fully saturated rings. The maximum absolute atomic E-state index is 14.6. The summed E-state index contributed by atoms with van der Waals surface area (Å²) >= 11 is 15.3. The van der Waals surface area contributed by atoms with Gasteiger partial charge < -0.3 is 10.1 Å². The largest absolute Gasteiger partial charge is 0.494 e. The molecule has 0 saturated carbocycles. The predicted molar refractivity (Wildman–Crippen MR) is 328 cm³/mol. The Hall–Kier alpha value is -2.34. The molecule has 4 nitrogen and oxygen atoms in total. The number of unbranched alkanes of at least 4 members (excludes halogenated alkanes) is 4. The number of aromatic nitrogens is 1. The highest BCUT2D eigenvalue weighted by atomic mass is 79.9. The third kappa shape index (κ3) is 12.1. The van der Waals surface area contributed by atoms with Crippen molar-refractivity contribution in [3.05, 3.63) is 70.1 Å². The van der Waals surface area contributed by atoms with Gasteiger partial charge in [-0.3, -0.25) is 4.79 Å². The molecule has 0 aliphatic carbocycles. The van der Waals surface area contributed by atoms with Crippen LogP contribution in [0.15, 0.2) is 36.8 Å². The van der Waals surface area contributed by atoms with E-state index in [9.17, 15) is 9.90 Å². The molecule has 1 aliphatic rings. The number of aromatic amines is 1. The molecule has 7 aromatic rings. The number of nitrogens with zero attached hydrogens (tertiary/aromatic N) is 1. The van der Waals surface area contributed by atoms with Crippen LogP contribution in [0.1, 0.15) is 227 Å². The number of halogens is 2. The summed E-state index contributed by atoms with van der Waals surface area (Å²) in [5.41, 5.74) is 8.18. The van der Waals surface area contributed by atoms with Crippen LogP contribution in [0.4, 0.5) is 0 Å². The molecule has 0 saturated heterocycles. The molecule has 0 spiro atoms. The molecule has 1 aliphatic heterocycles. The maximum Gasteiger partial charge on any atom is 0.280 e. The second-order valence-corrected chi connectivity index (χ2v) is 28.4. The van der Waals surface area contributed by atoms with E-state index in [1.54, 1.807) is 11.3 Å². The number of rotatable bonds is 30. The minimum atomic E-state index is -0.260. The lowest BCUT2D eigenvalue weighted by molar-refractivity contribution is 0.101. The van der Waals surface area contributed by atoms with Crippen molar-refractivity contribution in [3.8, 4) is 16.5 Å². The number of hydrogen-bond acceptors (Lipinski definition) is 6. The van der Waals surface area contributed by atoms with Crippen molar-refractivity contribution in [1.29, 1.82) is 0 Å². The Bertz CT molecular complexity index is 2830. The summed E-state index contributed by atoms with van der Waals surface area (Å²) in [5.74, 6) is 2.59. The molecule has 0 bridgehead atoms. The number of thiophene rings is 4. The van der Waals surface area contributed by atoms with Crippen LogP contribution in [-0.4, -0.2) is 21.7 Å². The number of benzene rings is 2. The molecule has 4 atom stereocenters. The van der Waals surface area contributed by atoms with Crippen LogP contribution in [0.2, 0.25) is 0 Å². The number of aliphatic imine (C=N–C) groups is 1. The van der Waals surface area contributed by atoms with Gasteiger partial charge in [0.2, 0.25) is 0 Å². The van der Waals surface area contributed by atoms with E-state index in [-0.39, 0.29) is 11.8 Å². The van der Waals surface area contributed by atoms with E-state index in [2.05, 4.69) is 116 Å². The van der Waals surface area contributed by atoms with Crippen molar-refractivity contribution in [2.24, 2.45) is 28.7 Å². The van der Waals surface area contributed by atoms with Gasteiger partial charge in [-0.15, -0.1) is 45.3 Å². The van der Waals surface area contributed by atoms with Crippen LogP contribution in [0.5, 0.6) is 5.88 Å². The smallest absolute Gasteiger partial charge is 0.280 e. The van der Waals surface area contributed by atoms with E-state index in [1.807, 2.05) is 34.0 Å². The second-order valence-electron chi connectivity index (χ2n) is 21.4. The van der Waals surface area contributed by atoms with Gasteiger partial charge in [-0.1, -0.05) is 158 Å². The summed E-state index contributed by atoms with van der Waals surface area (Å²) in [7, 11) is 0. The first-order valence-electron chi connectivity index (χ1n) is 28.4. The Morgan fingerprint density at radius 2 is 0.833 bits per heavy atom. The molecule has 390 valence electrons. The summed E-state index contributed by atoms with van der Waals surface area (Å²) < 4.78 is 7.88. The van der Waals surface area contributed by atoms with Crippen LogP contribution >= 0.6 is 77.2 Å². The normalized spacial score (nSPS) is 14.7. The summed E-state index contributed by atoms with van der Waals surface area (Å²) in [6.07, 6.45) is 28.8. The highest BCUT2D eigenvalue weighted by molar-refractivity contribution is 9.11. The van der Waals surface area contributed by atoms with Gasteiger partial charge in [-0.2, -0.15) is 0 Å². The number of amides is 1. The number of hydrogen-bond donors (Lipinski definition) is 2. The highest BCUT2D eigenvalue weighted by Crippen LogP contribution is 2.50.